The molecule has 0 aromatic heterocycles. The Kier molecular flexibility index (Phi) is 15.9. The number of ether oxygens (including phenoxy) is 1. The van der Waals surface area contributed by atoms with E-state index in [1.807, 2.05) is 45.6 Å². The van der Waals surface area contributed by atoms with Gasteiger partial charge in [-0.2, -0.15) is 17.7 Å². The predicted octanol–water partition coefficient (Wildman–Crippen LogP) is 3.45. The molecule has 0 aliphatic carbocycles. The number of phenolic OH excluding ortho intramolecular Hbond substituents is 1. The number of phenols is 1. The number of carbonyl (C=O) groups excluding carboxylic acids is 1. The van der Waals surface area contributed by atoms with E-state index in [0.717, 1.165) is 37.1 Å². The first-order chi connectivity index (χ1) is 16.0. The molecule has 5 nitrogen and oxygen atoms in total. The first-order valence-corrected chi connectivity index (χ1v) is 12.7. The Morgan fingerprint density at radius 3 is 2.49 bits per heavy atom. The number of nitrogens with one attached hydrogen (secondary N) is 1. The zero-order valence-corrected chi connectivity index (χ0v) is 25.7. The molecule has 1 aromatic carbocycles. The quantitative estimate of drug-likeness (QED) is 0.491. The first kappa shape index (κ1) is 33.7. The van der Waals surface area contributed by atoms with E-state index in [4.69, 9.17) is 9.84 Å². The third kappa shape index (κ3) is 11.1. The van der Waals surface area contributed by atoms with E-state index in [1.54, 1.807) is 12.1 Å². The fourth-order valence-corrected chi connectivity index (χ4v) is 3.86. The van der Waals surface area contributed by atoms with Crippen LogP contribution in [0.15, 0.2) is 29.3 Å². The molecule has 0 saturated carbocycles. The van der Waals surface area contributed by atoms with Crippen LogP contribution < -0.4 is 34.9 Å². The predicted molar refractivity (Wildman–Crippen MR) is 140 cm³/mol. The second-order valence-corrected chi connectivity index (χ2v) is 9.70. The molecule has 192 valence electrons. The fraction of sp³-hybridized carbons (Fsp3) is 0.621. The van der Waals surface area contributed by atoms with E-state index in [0.29, 0.717) is 18.4 Å². The van der Waals surface area contributed by atoms with Gasteiger partial charge >= 0.3 is 35.7 Å². The van der Waals surface area contributed by atoms with E-state index in [9.17, 15) is 4.79 Å². The van der Waals surface area contributed by atoms with Gasteiger partial charge in [-0.15, -0.1) is 30.9 Å². The number of amides is 1. The van der Waals surface area contributed by atoms with E-state index < -0.39 is 5.60 Å². The molecule has 1 fully saturated rings. The van der Waals surface area contributed by atoms with Gasteiger partial charge in [-0.05, 0) is 39.3 Å². The van der Waals surface area contributed by atoms with Crippen LogP contribution in [0.4, 0.5) is 4.79 Å². The summed E-state index contributed by atoms with van der Waals surface area (Å²) in [7, 11) is 0. The van der Waals surface area contributed by atoms with Crippen molar-refractivity contribution in [2.45, 2.75) is 92.7 Å². The molecule has 2 N–H and O–H groups in total. The molecule has 1 amide bonds. The maximum Gasteiger partial charge on any atom is 1.00 e. The number of fused-ring (bicyclic) bond motifs is 1. The maximum absolute atomic E-state index is 12.5. The van der Waals surface area contributed by atoms with Crippen LogP contribution in [-0.2, 0) is 4.74 Å². The second-order valence-electron chi connectivity index (χ2n) is 9.70. The van der Waals surface area contributed by atoms with Gasteiger partial charge in [0.05, 0.1) is 0 Å². The minimum absolute atomic E-state index is 0. The summed E-state index contributed by atoms with van der Waals surface area (Å²) in [6, 6.07) is 8.13. The van der Waals surface area contributed by atoms with Gasteiger partial charge in [0, 0.05) is 18.8 Å². The van der Waals surface area contributed by atoms with Gasteiger partial charge in [-0.1, -0.05) is 41.5 Å². The van der Waals surface area contributed by atoms with Gasteiger partial charge < -0.3 is 43.4 Å². The van der Waals surface area contributed by atoms with Crippen molar-refractivity contribution in [2.24, 2.45) is 5.92 Å². The van der Waals surface area contributed by atoms with Crippen LogP contribution in [0.1, 0.15) is 86.6 Å². The fourth-order valence-electron chi connectivity index (χ4n) is 3.86. The molecule has 2 aliphatic rings. The zero-order chi connectivity index (χ0) is 25.9. The van der Waals surface area contributed by atoms with Crippen molar-refractivity contribution >= 4 is 6.09 Å². The number of aromatic hydroxyl groups is 1. The number of rotatable bonds is 2. The normalized spacial score (nSPS) is 20.7. The molecule has 35 heavy (non-hydrogen) atoms. The first-order valence-electron chi connectivity index (χ1n) is 12.7. The number of carbonyl (C=O) groups is 1. The Hall–Kier alpha value is -1.27. The van der Waals surface area contributed by atoms with Crippen molar-refractivity contribution in [1.82, 2.24) is 10.2 Å². The van der Waals surface area contributed by atoms with Crippen LogP contribution in [0.3, 0.4) is 0 Å². The molecule has 0 radical (unpaired) electrons. The van der Waals surface area contributed by atoms with E-state index in [1.165, 1.54) is 5.57 Å². The molecule has 3 rings (SSSR count). The minimum atomic E-state index is -0.470. The van der Waals surface area contributed by atoms with Crippen LogP contribution >= 0.6 is 0 Å². The summed E-state index contributed by atoms with van der Waals surface area (Å²) in [6.07, 6.45) is 8.38. The van der Waals surface area contributed by atoms with Crippen LogP contribution in [0.25, 0.3) is 0 Å². The molecule has 2 atom stereocenters. The summed E-state index contributed by atoms with van der Waals surface area (Å²) in [5, 5.41) is 12.5. The number of hydrogen-bond acceptors (Lipinski definition) is 4. The standard InChI is InChI=1S/C18H28N2O2.C9H11O.C2H6.Na/c1-6-8-14-13(2)11-19-12-16-15(14)9-7-10-20(16)17(21)22-18(3,4)5;1-7(2)8-4-3-5-9(10)6-8;1-2;/h13,16,19H,6-7,10-12H2,1-5H3;3-4,6-7,10H,1-2H3;1-2H3;/q-2;-1;;+1. The Balaban J connectivity index is 0.000000748. The van der Waals surface area contributed by atoms with Crippen LogP contribution in [0.5, 0.6) is 5.75 Å². The van der Waals surface area contributed by atoms with Crippen molar-refractivity contribution < 1.29 is 44.2 Å². The minimum Gasteiger partial charge on any atom is -0.534 e. The van der Waals surface area contributed by atoms with Crippen molar-refractivity contribution in [3.8, 4) is 5.75 Å². The van der Waals surface area contributed by atoms with Crippen LogP contribution in [0.2, 0.25) is 0 Å². The molecule has 2 aliphatic heterocycles. The molecular formula is C29H45N2NaO3-2. The summed E-state index contributed by atoms with van der Waals surface area (Å²) in [6.45, 7) is 20.5. The number of hydrogen-bond donors (Lipinski definition) is 2. The Bertz CT molecular complexity index is 827. The van der Waals surface area contributed by atoms with Crippen LogP contribution in [0, 0.1) is 24.1 Å². The van der Waals surface area contributed by atoms with Gasteiger partial charge in [-0.3, -0.25) is 0 Å². The molecule has 6 heteroatoms. The number of allylic oxidation sites excluding steroid dienone is 1. The summed E-state index contributed by atoms with van der Waals surface area (Å²) in [4.78, 5) is 14.4. The van der Waals surface area contributed by atoms with Crippen molar-refractivity contribution in [3.63, 3.8) is 0 Å². The van der Waals surface area contributed by atoms with E-state index >= 15 is 0 Å². The number of benzene rings is 1. The SMILES string of the molecule is CC.CC(C)c1cc[c-]c(O)c1.CC[C-]=C1C2=[C-]CCN(C(=O)OC(C)(C)C)C2CNCC1C.[Na+]. The number of nitrogens with zero attached hydrogens (tertiary/aromatic N) is 1. The van der Waals surface area contributed by atoms with Gasteiger partial charge in [0.2, 0.25) is 0 Å². The van der Waals surface area contributed by atoms with E-state index in [2.05, 4.69) is 51.2 Å². The average molecular weight is 493 g/mol. The third-order valence-corrected chi connectivity index (χ3v) is 5.42. The molecule has 2 heterocycles. The monoisotopic (exact) mass is 492 g/mol. The van der Waals surface area contributed by atoms with Crippen molar-refractivity contribution in [2.75, 3.05) is 19.6 Å². The van der Waals surface area contributed by atoms with Crippen LogP contribution in [-0.4, -0.2) is 47.4 Å². The summed E-state index contributed by atoms with van der Waals surface area (Å²) >= 11 is 0. The second kappa shape index (κ2) is 16.5. The molecule has 0 bridgehead atoms. The Morgan fingerprint density at radius 1 is 1.31 bits per heavy atom. The molecular weight excluding hydrogens is 447 g/mol. The van der Waals surface area contributed by atoms with Gasteiger partial charge in [0.1, 0.15) is 5.60 Å². The summed E-state index contributed by atoms with van der Waals surface area (Å²) in [5.41, 5.74) is 3.03. The molecule has 1 saturated heterocycles. The van der Waals surface area contributed by atoms with E-state index in [-0.39, 0.29) is 47.4 Å². The topological polar surface area (TPSA) is 61.8 Å². The summed E-state index contributed by atoms with van der Waals surface area (Å²) in [5.74, 6) is 1.10. The third-order valence-electron chi connectivity index (χ3n) is 5.42. The van der Waals surface area contributed by atoms with Crippen molar-refractivity contribution in [1.29, 1.82) is 0 Å². The average Bonchev–Trinajstić information content (AvgIpc) is 2.93. The summed E-state index contributed by atoms with van der Waals surface area (Å²) < 4.78 is 5.58. The Morgan fingerprint density at radius 2 is 1.97 bits per heavy atom. The maximum atomic E-state index is 12.5. The van der Waals surface area contributed by atoms with Gasteiger partial charge in [0.15, 0.2) is 0 Å². The van der Waals surface area contributed by atoms with Gasteiger partial charge in [-0.25, -0.2) is 4.79 Å². The molecule has 1 aromatic rings. The van der Waals surface area contributed by atoms with Gasteiger partial charge in [0.25, 0.3) is 0 Å². The Labute approximate surface area is 236 Å². The smallest absolute Gasteiger partial charge is 0.534 e. The largest absolute Gasteiger partial charge is 1.00 e. The molecule has 0 spiro atoms. The molecule has 2 unspecified atom stereocenters. The zero-order valence-electron chi connectivity index (χ0n) is 23.7. The van der Waals surface area contributed by atoms with Crippen molar-refractivity contribution in [3.05, 3.63) is 53.1 Å².